The quantitative estimate of drug-likeness (QED) is 0.525. The highest BCUT2D eigenvalue weighted by Gasteiger charge is 2.72. The van der Waals surface area contributed by atoms with Gasteiger partial charge in [-0.25, -0.2) is 0 Å². The standard InChI is InChI=1S/C27H38O7/c1-23(2)16-8-14(29)22-21(24(16,3)7-6-18(23)31)15(30)10-25(4)17(9-19(32)26(22,25)5)27(12-28)11-20(33)34-13-27/h14,16-17,19,28-29,32H,6-13H2,1-5H3. The van der Waals surface area contributed by atoms with Gasteiger partial charge in [-0.1, -0.05) is 34.6 Å². The maximum atomic E-state index is 14.0. The Bertz CT molecular complexity index is 1010. The zero-order chi connectivity index (χ0) is 25.1. The zero-order valence-electron chi connectivity index (χ0n) is 20.9. The van der Waals surface area contributed by atoms with Crippen molar-refractivity contribution >= 4 is 17.5 Å². The molecule has 3 fully saturated rings. The number of hydrogen-bond acceptors (Lipinski definition) is 7. The van der Waals surface area contributed by atoms with Crippen LogP contribution in [0.5, 0.6) is 0 Å². The largest absolute Gasteiger partial charge is 0.465 e. The Morgan fingerprint density at radius 1 is 0.971 bits per heavy atom. The second-order valence-electron chi connectivity index (χ2n) is 13.0. The first kappa shape index (κ1) is 24.1. The number of ketones is 2. The summed E-state index contributed by atoms with van der Waals surface area (Å²) in [5, 5.41) is 33.6. The van der Waals surface area contributed by atoms with Crippen molar-refractivity contribution in [2.24, 2.45) is 38.9 Å². The number of aliphatic hydroxyl groups is 3. The van der Waals surface area contributed by atoms with Crippen molar-refractivity contribution in [1.29, 1.82) is 0 Å². The summed E-state index contributed by atoms with van der Waals surface area (Å²) >= 11 is 0. The molecule has 0 amide bonds. The summed E-state index contributed by atoms with van der Waals surface area (Å²) in [6, 6.07) is 0. The molecule has 0 aromatic heterocycles. The number of aliphatic hydroxyl groups excluding tert-OH is 3. The van der Waals surface area contributed by atoms with Crippen molar-refractivity contribution in [2.75, 3.05) is 13.2 Å². The first-order chi connectivity index (χ1) is 15.7. The van der Waals surface area contributed by atoms with Gasteiger partial charge in [0, 0.05) is 40.1 Å². The summed E-state index contributed by atoms with van der Waals surface area (Å²) in [6.45, 7) is 9.66. The lowest BCUT2D eigenvalue weighted by molar-refractivity contribution is -0.147. The van der Waals surface area contributed by atoms with Gasteiger partial charge < -0.3 is 20.1 Å². The number of ether oxygens (including phenoxy) is 1. The molecule has 1 aliphatic heterocycles. The molecule has 5 aliphatic rings. The molecule has 34 heavy (non-hydrogen) atoms. The highest BCUT2D eigenvalue weighted by molar-refractivity contribution is 6.01. The summed E-state index contributed by atoms with van der Waals surface area (Å²) < 4.78 is 5.28. The number of Topliss-reactive ketones (excluding diaryl/α,β-unsaturated/α-hetero) is 2. The van der Waals surface area contributed by atoms with Gasteiger partial charge in [0.15, 0.2) is 5.78 Å². The van der Waals surface area contributed by atoms with E-state index in [1.807, 2.05) is 27.7 Å². The Hall–Kier alpha value is -1.57. The second-order valence-corrected chi connectivity index (χ2v) is 13.0. The van der Waals surface area contributed by atoms with Gasteiger partial charge in [0.25, 0.3) is 0 Å². The van der Waals surface area contributed by atoms with Gasteiger partial charge in [-0.15, -0.1) is 0 Å². The van der Waals surface area contributed by atoms with Crippen LogP contribution >= 0.6 is 0 Å². The fraction of sp³-hybridized carbons (Fsp3) is 0.815. The topological polar surface area (TPSA) is 121 Å². The van der Waals surface area contributed by atoms with E-state index in [1.165, 1.54) is 0 Å². The summed E-state index contributed by atoms with van der Waals surface area (Å²) in [7, 11) is 0. The van der Waals surface area contributed by atoms with Gasteiger partial charge in [-0.2, -0.15) is 0 Å². The number of carbonyl (C=O) groups is 3. The van der Waals surface area contributed by atoms with Crippen LogP contribution in [0.25, 0.3) is 0 Å². The minimum absolute atomic E-state index is 0.0381. The van der Waals surface area contributed by atoms with E-state index < -0.39 is 39.3 Å². The molecule has 0 spiro atoms. The minimum atomic E-state index is -0.938. The molecule has 3 N–H and O–H groups in total. The summed E-state index contributed by atoms with van der Waals surface area (Å²) in [4.78, 5) is 38.9. The zero-order valence-corrected chi connectivity index (χ0v) is 20.9. The molecule has 5 rings (SSSR count). The molecule has 0 radical (unpaired) electrons. The van der Waals surface area contributed by atoms with Crippen molar-refractivity contribution in [2.45, 2.75) is 85.4 Å². The summed E-state index contributed by atoms with van der Waals surface area (Å²) in [5.41, 5.74) is -2.46. The third kappa shape index (κ3) is 2.61. The van der Waals surface area contributed by atoms with Crippen LogP contribution in [0.15, 0.2) is 11.1 Å². The van der Waals surface area contributed by atoms with E-state index in [4.69, 9.17) is 4.74 Å². The molecule has 0 aromatic carbocycles. The van der Waals surface area contributed by atoms with E-state index in [1.54, 1.807) is 0 Å². The number of cyclic esters (lactones) is 1. The Morgan fingerprint density at radius 2 is 1.65 bits per heavy atom. The van der Waals surface area contributed by atoms with Crippen molar-refractivity contribution in [1.82, 2.24) is 0 Å². The third-order valence-corrected chi connectivity index (χ3v) is 11.4. The normalized spacial score (nSPS) is 50.1. The Morgan fingerprint density at radius 3 is 2.24 bits per heavy atom. The van der Waals surface area contributed by atoms with Gasteiger partial charge in [0.2, 0.25) is 0 Å². The molecule has 4 aliphatic carbocycles. The second kappa shape index (κ2) is 7.01. The number of allylic oxidation sites excluding steroid dienone is 1. The van der Waals surface area contributed by atoms with Crippen LogP contribution in [0.3, 0.4) is 0 Å². The first-order valence-corrected chi connectivity index (χ1v) is 12.6. The summed E-state index contributed by atoms with van der Waals surface area (Å²) in [5.74, 6) is -0.724. The molecule has 7 nitrogen and oxygen atoms in total. The molecule has 8 atom stereocenters. The lowest BCUT2D eigenvalue weighted by atomic mass is 9.42. The van der Waals surface area contributed by atoms with Gasteiger partial charge in [0.1, 0.15) is 5.78 Å². The minimum Gasteiger partial charge on any atom is -0.465 e. The fourth-order valence-electron chi connectivity index (χ4n) is 9.26. The lowest BCUT2D eigenvalue weighted by Crippen LogP contribution is -2.61. The number of fused-ring (bicyclic) bond motifs is 4. The van der Waals surface area contributed by atoms with E-state index in [-0.39, 0.29) is 55.4 Å². The van der Waals surface area contributed by atoms with Crippen LogP contribution in [0.2, 0.25) is 0 Å². The molecule has 0 bridgehead atoms. The van der Waals surface area contributed by atoms with Gasteiger partial charge in [-0.3, -0.25) is 14.4 Å². The lowest BCUT2D eigenvalue weighted by Gasteiger charge is -2.61. The van der Waals surface area contributed by atoms with Crippen LogP contribution in [0.4, 0.5) is 0 Å². The Balaban J connectivity index is 1.70. The van der Waals surface area contributed by atoms with Gasteiger partial charge in [0.05, 0.1) is 31.8 Å². The van der Waals surface area contributed by atoms with Crippen LogP contribution in [0.1, 0.15) is 73.1 Å². The van der Waals surface area contributed by atoms with Crippen LogP contribution < -0.4 is 0 Å². The SMILES string of the molecule is CC1(C)C(=O)CCC2(C)C3=C(C(O)CC12)C1(C)C(O)CC(C2(CO)COC(=O)C2)C1(C)CC3=O. The molecule has 0 aromatic rings. The molecule has 1 saturated heterocycles. The van der Waals surface area contributed by atoms with Crippen molar-refractivity contribution in [3.63, 3.8) is 0 Å². The molecule has 2 saturated carbocycles. The van der Waals surface area contributed by atoms with Crippen LogP contribution in [-0.4, -0.2) is 58.3 Å². The average molecular weight is 475 g/mol. The molecular formula is C27H38O7. The molecule has 188 valence electrons. The van der Waals surface area contributed by atoms with E-state index in [0.29, 0.717) is 36.8 Å². The number of esters is 1. The van der Waals surface area contributed by atoms with E-state index in [0.717, 1.165) is 0 Å². The summed E-state index contributed by atoms with van der Waals surface area (Å²) in [6.07, 6.45) is 0.107. The third-order valence-electron chi connectivity index (χ3n) is 11.4. The average Bonchev–Trinajstić information content (AvgIpc) is 3.24. The first-order valence-electron chi connectivity index (χ1n) is 12.6. The highest BCUT2D eigenvalue weighted by atomic mass is 16.5. The van der Waals surface area contributed by atoms with E-state index in [9.17, 15) is 29.7 Å². The Labute approximate surface area is 200 Å². The van der Waals surface area contributed by atoms with Gasteiger partial charge in [-0.05, 0) is 42.1 Å². The molecule has 1 heterocycles. The number of hydrogen-bond donors (Lipinski definition) is 3. The predicted octanol–water partition coefficient (Wildman–Crippen LogP) is 2.35. The Kier molecular flexibility index (Phi) is 4.98. The number of rotatable bonds is 2. The van der Waals surface area contributed by atoms with E-state index in [2.05, 4.69) is 6.92 Å². The molecule has 7 heteroatoms. The molecule has 8 unspecified atom stereocenters. The fourth-order valence-corrected chi connectivity index (χ4v) is 9.26. The maximum Gasteiger partial charge on any atom is 0.306 e. The van der Waals surface area contributed by atoms with E-state index >= 15 is 0 Å². The monoisotopic (exact) mass is 474 g/mol. The molecular weight excluding hydrogens is 436 g/mol. The van der Waals surface area contributed by atoms with Crippen molar-refractivity contribution in [3.8, 4) is 0 Å². The highest BCUT2D eigenvalue weighted by Crippen LogP contribution is 2.73. The predicted molar refractivity (Wildman–Crippen MR) is 122 cm³/mol. The maximum absolute atomic E-state index is 14.0. The van der Waals surface area contributed by atoms with Crippen molar-refractivity contribution < 1.29 is 34.4 Å². The number of carbonyl (C=O) groups excluding carboxylic acids is 3. The van der Waals surface area contributed by atoms with Gasteiger partial charge >= 0.3 is 5.97 Å². The van der Waals surface area contributed by atoms with Crippen molar-refractivity contribution in [3.05, 3.63) is 11.1 Å². The van der Waals surface area contributed by atoms with Crippen LogP contribution in [0, 0.1) is 38.9 Å². The van der Waals surface area contributed by atoms with Crippen LogP contribution in [-0.2, 0) is 19.1 Å². The smallest absolute Gasteiger partial charge is 0.306 e.